The number of benzene rings is 1. The summed E-state index contributed by atoms with van der Waals surface area (Å²) in [6.45, 7) is 3.99. The molecule has 1 N–H and O–H groups in total. The Bertz CT molecular complexity index is 496. The molecule has 0 bridgehead atoms. The third-order valence-corrected chi connectivity index (χ3v) is 3.58. The number of hydrogen-bond acceptors (Lipinski definition) is 3. The molecule has 0 aliphatic carbocycles. The van der Waals surface area contributed by atoms with Crippen LogP contribution in [0, 0.1) is 5.82 Å². The van der Waals surface area contributed by atoms with Crippen LogP contribution in [0.5, 0.6) is 0 Å². The lowest BCUT2D eigenvalue weighted by molar-refractivity contribution is -0.0496. The Balaban J connectivity index is 1.83. The second-order valence-electron chi connectivity index (χ2n) is 5.58. The lowest BCUT2D eigenvalue weighted by Gasteiger charge is -2.33. The van der Waals surface area contributed by atoms with Gasteiger partial charge in [0.1, 0.15) is 5.82 Å². The Morgan fingerprint density at radius 2 is 2.41 bits per heavy atom. The molecule has 1 saturated heterocycles. The third-order valence-electron chi connectivity index (χ3n) is 3.58. The standard InChI is InChI=1S/C16H23FN2O3/c1-12(8-13-4-3-5-14(17)9-13)18-16(20)19-6-7-22-15(10-19)11-21-2/h3-5,9,12,15H,6-8,10-11H2,1-2H3,(H,18,20)/t12-,15-/m1/s1. The number of ether oxygens (including phenoxy) is 2. The molecule has 2 amide bonds. The largest absolute Gasteiger partial charge is 0.382 e. The van der Waals surface area contributed by atoms with Gasteiger partial charge >= 0.3 is 6.03 Å². The van der Waals surface area contributed by atoms with Crippen molar-refractivity contribution in [2.24, 2.45) is 0 Å². The van der Waals surface area contributed by atoms with Crippen LogP contribution >= 0.6 is 0 Å². The lowest BCUT2D eigenvalue weighted by Crippen LogP contribution is -2.52. The molecule has 22 heavy (non-hydrogen) atoms. The number of hydrogen-bond donors (Lipinski definition) is 1. The Morgan fingerprint density at radius 3 is 3.14 bits per heavy atom. The Morgan fingerprint density at radius 1 is 1.59 bits per heavy atom. The summed E-state index contributed by atoms with van der Waals surface area (Å²) in [5.74, 6) is -0.258. The molecule has 0 unspecified atom stereocenters. The zero-order valence-electron chi connectivity index (χ0n) is 13.0. The first-order chi connectivity index (χ1) is 10.6. The van der Waals surface area contributed by atoms with Crippen molar-refractivity contribution in [3.05, 3.63) is 35.6 Å². The Kier molecular flexibility index (Phi) is 6.15. The summed E-state index contributed by atoms with van der Waals surface area (Å²) in [5, 5.41) is 2.95. The number of carbonyl (C=O) groups excluding carboxylic acids is 1. The van der Waals surface area contributed by atoms with Gasteiger partial charge in [0.25, 0.3) is 0 Å². The van der Waals surface area contributed by atoms with Crippen LogP contribution < -0.4 is 5.32 Å². The molecule has 5 nitrogen and oxygen atoms in total. The van der Waals surface area contributed by atoms with Crippen LogP contribution in [-0.2, 0) is 15.9 Å². The van der Waals surface area contributed by atoms with Gasteiger partial charge in [-0.05, 0) is 31.0 Å². The molecular formula is C16H23FN2O3. The first-order valence-electron chi connectivity index (χ1n) is 7.49. The van der Waals surface area contributed by atoms with Crippen LogP contribution in [0.2, 0.25) is 0 Å². The quantitative estimate of drug-likeness (QED) is 0.902. The highest BCUT2D eigenvalue weighted by molar-refractivity contribution is 5.74. The molecule has 1 aromatic rings. The molecule has 0 spiro atoms. The third kappa shape index (κ3) is 4.96. The fraction of sp³-hybridized carbons (Fsp3) is 0.562. The van der Waals surface area contributed by atoms with E-state index in [0.29, 0.717) is 32.7 Å². The van der Waals surface area contributed by atoms with Gasteiger partial charge in [0.15, 0.2) is 0 Å². The van der Waals surface area contributed by atoms with E-state index >= 15 is 0 Å². The van der Waals surface area contributed by atoms with Crippen molar-refractivity contribution in [2.75, 3.05) is 33.4 Å². The van der Waals surface area contributed by atoms with Crippen molar-refractivity contribution in [2.45, 2.75) is 25.5 Å². The van der Waals surface area contributed by atoms with Crippen molar-refractivity contribution in [1.82, 2.24) is 10.2 Å². The molecule has 1 fully saturated rings. The first kappa shape index (κ1) is 16.7. The smallest absolute Gasteiger partial charge is 0.317 e. The van der Waals surface area contributed by atoms with Crippen molar-refractivity contribution in [3.8, 4) is 0 Å². The number of morpholine rings is 1. The predicted octanol–water partition coefficient (Wildman–Crippen LogP) is 1.81. The van der Waals surface area contributed by atoms with Gasteiger partial charge in [-0.25, -0.2) is 9.18 Å². The second-order valence-corrected chi connectivity index (χ2v) is 5.58. The van der Waals surface area contributed by atoms with Crippen LogP contribution in [0.3, 0.4) is 0 Å². The highest BCUT2D eigenvalue weighted by Gasteiger charge is 2.24. The molecule has 1 aliphatic rings. The van der Waals surface area contributed by atoms with E-state index < -0.39 is 0 Å². The molecule has 0 aromatic heterocycles. The maximum atomic E-state index is 13.2. The highest BCUT2D eigenvalue weighted by atomic mass is 19.1. The Labute approximate surface area is 130 Å². The molecule has 2 rings (SSSR count). The summed E-state index contributed by atoms with van der Waals surface area (Å²) in [5.41, 5.74) is 0.868. The molecule has 6 heteroatoms. The number of methoxy groups -OCH3 is 1. The molecule has 122 valence electrons. The average Bonchev–Trinajstić information content (AvgIpc) is 2.47. The normalized spacial score (nSPS) is 19.8. The minimum Gasteiger partial charge on any atom is -0.382 e. The number of urea groups is 1. The second kappa shape index (κ2) is 8.10. The van der Waals surface area contributed by atoms with E-state index in [9.17, 15) is 9.18 Å². The number of amides is 2. The minimum absolute atomic E-state index is 0.0713. The monoisotopic (exact) mass is 310 g/mol. The summed E-state index contributed by atoms with van der Waals surface area (Å²) in [6, 6.07) is 6.25. The summed E-state index contributed by atoms with van der Waals surface area (Å²) in [6.07, 6.45) is 0.512. The number of nitrogens with zero attached hydrogens (tertiary/aromatic N) is 1. The SMILES string of the molecule is COC[C@H]1CN(C(=O)N[C@H](C)Cc2cccc(F)c2)CCO1. The number of carbonyl (C=O) groups is 1. The van der Waals surface area contributed by atoms with Gasteiger partial charge in [0, 0.05) is 19.7 Å². The molecule has 2 atom stereocenters. The van der Waals surface area contributed by atoms with Crippen LogP contribution in [0.1, 0.15) is 12.5 Å². The molecule has 1 aromatic carbocycles. The maximum Gasteiger partial charge on any atom is 0.317 e. The molecular weight excluding hydrogens is 287 g/mol. The molecule has 0 saturated carbocycles. The van der Waals surface area contributed by atoms with E-state index in [-0.39, 0.29) is 24.0 Å². The van der Waals surface area contributed by atoms with Crippen LogP contribution in [-0.4, -0.2) is 56.5 Å². The van der Waals surface area contributed by atoms with Crippen molar-refractivity contribution >= 4 is 6.03 Å². The lowest BCUT2D eigenvalue weighted by atomic mass is 10.1. The summed E-state index contributed by atoms with van der Waals surface area (Å²) < 4.78 is 23.8. The fourth-order valence-electron chi connectivity index (χ4n) is 2.56. The van der Waals surface area contributed by atoms with E-state index in [4.69, 9.17) is 9.47 Å². The van der Waals surface area contributed by atoms with Gasteiger partial charge in [-0.15, -0.1) is 0 Å². The zero-order valence-corrected chi connectivity index (χ0v) is 13.0. The molecule has 1 heterocycles. The van der Waals surface area contributed by atoms with Gasteiger partial charge < -0.3 is 19.7 Å². The van der Waals surface area contributed by atoms with E-state index in [1.807, 2.05) is 13.0 Å². The summed E-state index contributed by atoms with van der Waals surface area (Å²) in [4.78, 5) is 14.0. The number of nitrogens with one attached hydrogen (secondary N) is 1. The van der Waals surface area contributed by atoms with Gasteiger partial charge in [-0.1, -0.05) is 12.1 Å². The van der Waals surface area contributed by atoms with Crippen LogP contribution in [0.15, 0.2) is 24.3 Å². The minimum atomic E-state index is -0.258. The van der Waals surface area contributed by atoms with Gasteiger partial charge in [-0.2, -0.15) is 0 Å². The number of halogens is 1. The van der Waals surface area contributed by atoms with Gasteiger partial charge in [0.05, 0.1) is 25.9 Å². The van der Waals surface area contributed by atoms with Crippen molar-refractivity contribution in [3.63, 3.8) is 0 Å². The van der Waals surface area contributed by atoms with Crippen LogP contribution in [0.4, 0.5) is 9.18 Å². The predicted molar refractivity (Wildman–Crippen MR) is 81.3 cm³/mol. The average molecular weight is 310 g/mol. The highest BCUT2D eigenvalue weighted by Crippen LogP contribution is 2.09. The fourth-order valence-corrected chi connectivity index (χ4v) is 2.56. The summed E-state index contributed by atoms with van der Waals surface area (Å²) in [7, 11) is 1.61. The van der Waals surface area contributed by atoms with E-state index in [2.05, 4.69) is 5.32 Å². The zero-order chi connectivity index (χ0) is 15.9. The maximum absolute atomic E-state index is 13.2. The first-order valence-corrected chi connectivity index (χ1v) is 7.49. The Hall–Kier alpha value is -1.66. The summed E-state index contributed by atoms with van der Waals surface area (Å²) >= 11 is 0. The van der Waals surface area contributed by atoms with Crippen LogP contribution in [0.25, 0.3) is 0 Å². The van der Waals surface area contributed by atoms with Gasteiger partial charge in [0.2, 0.25) is 0 Å². The van der Waals surface area contributed by atoms with Crippen molar-refractivity contribution in [1.29, 1.82) is 0 Å². The molecule has 0 radical (unpaired) electrons. The van der Waals surface area contributed by atoms with E-state index in [1.54, 1.807) is 18.1 Å². The van der Waals surface area contributed by atoms with E-state index in [1.165, 1.54) is 12.1 Å². The molecule has 1 aliphatic heterocycles. The topological polar surface area (TPSA) is 50.8 Å². The van der Waals surface area contributed by atoms with Crippen molar-refractivity contribution < 1.29 is 18.7 Å². The van der Waals surface area contributed by atoms with Gasteiger partial charge in [-0.3, -0.25) is 0 Å². The van der Waals surface area contributed by atoms with E-state index in [0.717, 1.165) is 5.56 Å². The number of rotatable bonds is 5.